The molecule has 4 aliphatic carbocycles. The number of fused-ring (bicyclic) bond motifs is 5. The molecule has 1 aromatic rings. The Hall–Kier alpha value is -1.43. The molecule has 1 aromatic carbocycles. The van der Waals surface area contributed by atoms with E-state index < -0.39 is 18.3 Å². The minimum absolute atomic E-state index is 0.0448. The molecule has 0 aliphatic heterocycles. The first-order chi connectivity index (χ1) is 17.6. The van der Waals surface area contributed by atoms with Crippen molar-refractivity contribution in [2.75, 3.05) is 7.11 Å². The molecule has 206 valence electrons. The molecular weight excluding hydrogens is 464 g/mol. The lowest BCUT2D eigenvalue weighted by Gasteiger charge is -2.61. The number of ketones is 1. The lowest BCUT2D eigenvalue weighted by atomic mass is 9.43. The fourth-order valence-electron chi connectivity index (χ4n) is 9.88. The van der Waals surface area contributed by atoms with Crippen LogP contribution in [0.5, 0.6) is 5.75 Å². The van der Waals surface area contributed by atoms with E-state index in [1.807, 2.05) is 24.3 Å². The van der Waals surface area contributed by atoms with Crippen LogP contribution >= 0.6 is 0 Å². The van der Waals surface area contributed by atoms with E-state index in [1.165, 1.54) is 6.42 Å². The fraction of sp³-hybridized carbons (Fsp3) is 0.781. The predicted molar refractivity (Wildman–Crippen MR) is 144 cm³/mol. The molecule has 5 heteroatoms. The van der Waals surface area contributed by atoms with Gasteiger partial charge < -0.3 is 20.1 Å². The van der Waals surface area contributed by atoms with Crippen LogP contribution in [-0.4, -0.2) is 40.4 Å². The molecule has 3 N–H and O–H groups in total. The van der Waals surface area contributed by atoms with E-state index in [0.717, 1.165) is 56.3 Å². The molecule has 5 nitrogen and oxygen atoms in total. The van der Waals surface area contributed by atoms with E-state index in [4.69, 9.17) is 4.74 Å². The van der Waals surface area contributed by atoms with Crippen molar-refractivity contribution in [3.05, 3.63) is 29.8 Å². The minimum atomic E-state index is -0.764. The molecule has 0 bridgehead atoms. The number of para-hydroxylation sites is 1. The summed E-state index contributed by atoms with van der Waals surface area (Å²) >= 11 is 0. The molecule has 37 heavy (non-hydrogen) atoms. The predicted octanol–water partition coefficient (Wildman–Crippen LogP) is 5.70. The molecule has 0 saturated heterocycles. The summed E-state index contributed by atoms with van der Waals surface area (Å²) in [5.41, 5.74) is 1.01. The standard InChI is InChI=1S/C32H48O5/c1-19(8-7-10-25(33)20-9-5-6-11-28(20)37-4)21-12-13-22-29-23(14-16-31(21,22)2)32(3)17-15-26(34)30(36)24(32)18-27(29)35/h5-6,9,11,19,21-26,29-30,33-34,36H,7-8,10,12-18H2,1-4H3/t19-,21-,22+,23+,24+,25?,26+,29+,30-,31-,32-/m1/s1. The monoisotopic (exact) mass is 512 g/mol. The number of hydrogen-bond acceptors (Lipinski definition) is 5. The van der Waals surface area contributed by atoms with Crippen LogP contribution in [0.1, 0.15) is 96.6 Å². The molecule has 1 unspecified atom stereocenters. The van der Waals surface area contributed by atoms with Gasteiger partial charge in [-0.1, -0.05) is 51.8 Å². The number of rotatable bonds is 7. The topological polar surface area (TPSA) is 87.0 Å². The van der Waals surface area contributed by atoms with Gasteiger partial charge in [-0.15, -0.1) is 0 Å². The second-order valence-electron chi connectivity index (χ2n) is 13.5. The van der Waals surface area contributed by atoms with Gasteiger partial charge in [0, 0.05) is 17.9 Å². The quantitative estimate of drug-likeness (QED) is 0.436. The van der Waals surface area contributed by atoms with Crippen LogP contribution in [0.15, 0.2) is 24.3 Å². The minimum Gasteiger partial charge on any atom is -0.496 e. The zero-order valence-electron chi connectivity index (χ0n) is 23.2. The third-order valence-corrected chi connectivity index (χ3v) is 11.9. The Kier molecular flexibility index (Phi) is 7.54. The summed E-state index contributed by atoms with van der Waals surface area (Å²) in [6.45, 7) is 7.16. The molecule has 0 aromatic heterocycles. The number of hydrogen-bond donors (Lipinski definition) is 3. The van der Waals surface area contributed by atoms with Crippen LogP contribution in [0, 0.1) is 46.3 Å². The van der Waals surface area contributed by atoms with Gasteiger partial charge in [0.15, 0.2) is 0 Å². The van der Waals surface area contributed by atoms with Gasteiger partial charge in [0.05, 0.1) is 25.4 Å². The summed E-state index contributed by atoms with van der Waals surface area (Å²) in [4.78, 5) is 13.6. The Morgan fingerprint density at radius 2 is 1.68 bits per heavy atom. The summed E-state index contributed by atoms with van der Waals surface area (Å²) in [6, 6.07) is 7.74. The van der Waals surface area contributed by atoms with E-state index in [-0.39, 0.29) is 22.7 Å². The Labute approximate surface area is 223 Å². The molecule has 0 spiro atoms. The average Bonchev–Trinajstić information content (AvgIpc) is 3.24. The van der Waals surface area contributed by atoms with E-state index in [1.54, 1.807) is 7.11 Å². The zero-order chi connectivity index (χ0) is 26.5. The molecule has 0 amide bonds. The highest BCUT2D eigenvalue weighted by Crippen LogP contribution is 2.67. The molecule has 4 saturated carbocycles. The van der Waals surface area contributed by atoms with Gasteiger partial charge in [-0.2, -0.15) is 0 Å². The largest absolute Gasteiger partial charge is 0.496 e. The molecule has 0 radical (unpaired) electrons. The smallest absolute Gasteiger partial charge is 0.136 e. The first-order valence-electron chi connectivity index (χ1n) is 14.8. The van der Waals surface area contributed by atoms with Gasteiger partial charge in [0.1, 0.15) is 11.5 Å². The van der Waals surface area contributed by atoms with Gasteiger partial charge >= 0.3 is 0 Å². The number of carbonyl (C=O) groups is 1. The fourth-order valence-corrected chi connectivity index (χ4v) is 9.88. The van der Waals surface area contributed by atoms with E-state index >= 15 is 0 Å². The van der Waals surface area contributed by atoms with E-state index in [9.17, 15) is 20.1 Å². The summed E-state index contributed by atoms with van der Waals surface area (Å²) in [7, 11) is 1.65. The summed E-state index contributed by atoms with van der Waals surface area (Å²) in [5, 5.41) is 31.9. The average molecular weight is 513 g/mol. The highest BCUT2D eigenvalue weighted by molar-refractivity contribution is 5.83. The maximum Gasteiger partial charge on any atom is 0.136 e. The SMILES string of the molecule is COc1ccccc1C(O)CCC[C@@H](C)[C@H]1CC[C@H]2[C@@H]3C(=O)C[C@H]4[C@@H](O)[C@@H](O)CC[C@]4(C)[C@H]3CC[C@]12C. The number of ether oxygens (including phenoxy) is 1. The van der Waals surface area contributed by atoms with Crippen LogP contribution in [0.4, 0.5) is 0 Å². The van der Waals surface area contributed by atoms with Crippen LogP contribution in [-0.2, 0) is 4.79 Å². The normalized spacial score (nSPS) is 42.9. The third-order valence-electron chi connectivity index (χ3n) is 11.9. The highest BCUT2D eigenvalue weighted by Gasteiger charge is 2.64. The van der Waals surface area contributed by atoms with Crippen molar-refractivity contribution in [1.82, 2.24) is 0 Å². The van der Waals surface area contributed by atoms with Crippen molar-refractivity contribution in [1.29, 1.82) is 0 Å². The number of aliphatic hydroxyl groups is 3. The summed E-state index contributed by atoms with van der Waals surface area (Å²) < 4.78 is 5.44. The number of methoxy groups -OCH3 is 1. The van der Waals surface area contributed by atoms with Gasteiger partial charge in [-0.3, -0.25) is 4.79 Å². The molecule has 4 aliphatic rings. The Balaban J connectivity index is 1.24. The van der Waals surface area contributed by atoms with Crippen LogP contribution in [0.3, 0.4) is 0 Å². The second kappa shape index (κ2) is 10.3. The molecule has 11 atom stereocenters. The maximum absolute atomic E-state index is 13.6. The van der Waals surface area contributed by atoms with Gasteiger partial charge in [0.2, 0.25) is 0 Å². The number of carbonyl (C=O) groups excluding carboxylic acids is 1. The Bertz CT molecular complexity index is 978. The van der Waals surface area contributed by atoms with Crippen LogP contribution in [0.2, 0.25) is 0 Å². The number of aliphatic hydroxyl groups excluding tert-OH is 3. The lowest BCUT2D eigenvalue weighted by molar-refractivity contribution is -0.182. The van der Waals surface area contributed by atoms with Crippen LogP contribution in [0.25, 0.3) is 0 Å². The van der Waals surface area contributed by atoms with E-state index in [0.29, 0.717) is 42.3 Å². The second-order valence-corrected chi connectivity index (χ2v) is 13.5. The van der Waals surface area contributed by atoms with Crippen molar-refractivity contribution < 1.29 is 24.9 Å². The Morgan fingerprint density at radius 3 is 2.43 bits per heavy atom. The highest BCUT2D eigenvalue weighted by atomic mass is 16.5. The zero-order valence-corrected chi connectivity index (χ0v) is 23.2. The van der Waals surface area contributed by atoms with Crippen molar-refractivity contribution in [3.63, 3.8) is 0 Å². The first-order valence-corrected chi connectivity index (χ1v) is 14.8. The van der Waals surface area contributed by atoms with Crippen molar-refractivity contribution in [2.24, 2.45) is 46.3 Å². The molecule has 5 rings (SSSR count). The number of benzene rings is 1. The van der Waals surface area contributed by atoms with Crippen molar-refractivity contribution >= 4 is 5.78 Å². The summed E-state index contributed by atoms with van der Waals surface area (Å²) in [5.74, 6) is 3.07. The lowest BCUT2D eigenvalue weighted by Crippen LogP contribution is -2.61. The first kappa shape index (κ1) is 27.1. The van der Waals surface area contributed by atoms with Crippen LogP contribution < -0.4 is 4.74 Å². The Morgan fingerprint density at radius 1 is 0.973 bits per heavy atom. The van der Waals surface area contributed by atoms with Crippen molar-refractivity contribution in [2.45, 2.75) is 103 Å². The van der Waals surface area contributed by atoms with Gasteiger partial charge in [-0.25, -0.2) is 0 Å². The van der Waals surface area contributed by atoms with Gasteiger partial charge in [0.25, 0.3) is 0 Å². The van der Waals surface area contributed by atoms with Crippen molar-refractivity contribution in [3.8, 4) is 5.75 Å². The molecule has 4 fully saturated rings. The third kappa shape index (κ3) is 4.47. The maximum atomic E-state index is 13.6. The number of Topliss-reactive ketones (excluding diaryl/α,β-unsaturated/α-hetero) is 1. The molecular formula is C32H48O5. The summed E-state index contributed by atoms with van der Waals surface area (Å²) in [6.07, 6.45) is 7.38. The molecule has 0 heterocycles. The van der Waals surface area contributed by atoms with Gasteiger partial charge in [-0.05, 0) is 91.4 Å². The van der Waals surface area contributed by atoms with E-state index in [2.05, 4.69) is 20.8 Å².